The number of carbonyl (C=O) groups excluding carboxylic acids is 1. The first-order valence-electron chi connectivity index (χ1n) is 6.13. The van der Waals surface area contributed by atoms with Crippen LogP contribution in [0, 0.1) is 5.92 Å². The van der Waals surface area contributed by atoms with Crippen LogP contribution in [0.5, 0.6) is 0 Å². The summed E-state index contributed by atoms with van der Waals surface area (Å²) in [5.74, 6) is -1.24. The molecule has 0 heterocycles. The standard InChI is InChI=1S/C13H16Cl2N2O3/c1-8(12(18)19)3-2-6-16-13(20)17-11-5-4-9(14)7-10(11)15/h4-5,7-8H,2-3,6H2,1H3,(H,18,19)(H2,16,17,20). The van der Waals surface area contributed by atoms with E-state index < -0.39 is 17.9 Å². The molecule has 0 saturated heterocycles. The molecule has 110 valence electrons. The molecule has 2 amide bonds. The highest BCUT2D eigenvalue weighted by molar-refractivity contribution is 6.36. The van der Waals surface area contributed by atoms with Crippen LogP contribution in [0.4, 0.5) is 10.5 Å². The Labute approximate surface area is 127 Å². The molecule has 5 nitrogen and oxygen atoms in total. The van der Waals surface area contributed by atoms with Crippen LogP contribution in [0.3, 0.4) is 0 Å². The predicted octanol–water partition coefficient (Wildman–Crippen LogP) is 3.62. The molecule has 1 aromatic carbocycles. The number of benzene rings is 1. The maximum Gasteiger partial charge on any atom is 0.319 e. The molecule has 3 N–H and O–H groups in total. The first-order chi connectivity index (χ1) is 9.40. The first kappa shape index (κ1) is 16.6. The van der Waals surface area contributed by atoms with E-state index in [0.29, 0.717) is 35.1 Å². The summed E-state index contributed by atoms with van der Waals surface area (Å²) < 4.78 is 0. The Morgan fingerprint density at radius 1 is 1.35 bits per heavy atom. The van der Waals surface area contributed by atoms with Gasteiger partial charge in [0.1, 0.15) is 0 Å². The summed E-state index contributed by atoms with van der Waals surface area (Å²) in [6, 6.07) is 4.37. The van der Waals surface area contributed by atoms with Crippen LogP contribution in [-0.4, -0.2) is 23.7 Å². The number of aliphatic carboxylic acids is 1. The summed E-state index contributed by atoms with van der Waals surface area (Å²) >= 11 is 11.7. The van der Waals surface area contributed by atoms with Crippen molar-refractivity contribution in [2.45, 2.75) is 19.8 Å². The Kier molecular flexibility index (Phi) is 6.61. The number of carbonyl (C=O) groups is 2. The van der Waals surface area contributed by atoms with Gasteiger partial charge in [-0.25, -0.2) is 4.79 Å². The van der Waals surface area contributed by atoms with Gasteiger partial charge in [0.05, 0.1) is 16.6 Å². The number of amides is 2. The number of halogens is 2. The van der Waals surface area contributed by atoms with Crippen LogP contribution < -0.4 is 10.6 Å². The lowest BCUT2D eigenvalue weighted by atomic mass is 10.1. The molecule has 1 rings (SSSR count). The summed E-state index contributed by atoms with van der Waals surface area (Å²) in [6.07, 6.45) is 1.10. The van der Waals surface area contributed by atoms with E-state index in [4.69, 9.17) is 28.3 Å². The van der Waals surface area contributed by atoms with Gasteiger partial charge in [0.2, 0.25) is 0 Å². The minimum Gasteiger partial charge on any atom is -0.481 e. The fraction of sp³-hybridized carbons (Fsp3) is 0.385. The Balaban J connectivity index is 2.32. The van der Waals surface area contributed by atoms with E-state index in [1.54, 1.807) is 19.1 Å². The van der Waals surface area contributed by atoms with Crippen molar-refractivity contribution in [2.24, 2.45) is 5.92 Å². The van der Waals surface area contributed by atoms with Gasteiger partial charge in [0, 0.05) is 11.6 Å². The minimum atomic E-state index is -0.831. The van der Waals surface area contributed by atoms with Crippen molar-refractivity contribution >= 4 is 40.9 Å². The van der Waals surface area contributed by atoms with Gasteiger partial charge in [-0.05, 0) is 31.0 Å². The lowest BCUT2D eigenvalue weighted by molar-refractivity contribution is -0.141. The molecule has 0 aromatic heterocycles. The molecule has 1 unspecified atom stereocenters. The van der Waals surface area contributed by atoms with E-state index in [9.17, 15) is 9.59 Å². The number of anilines is 1. The smallest absolute Gasteiger partial charge is 0.319 e. The summed E-state index contributed by atoms with van der Waals surface area (Å²) in [4.78, 5) is 22.2. The molecule has 0 aliphatic carbocycles. The first-order valence-corrected chi connectivity index (χ1v) is 6.88. The van der Waals surface area contributed by atoms with Crippen molar-refractivity contribution < 1.29 is 14.7 Å². The molecule has 1 atom stereocenters. The summed E-state index contributed by atoms with van der Waals surface area (Å²) in [5, 5.41) is 14.8. The predicted molar refractivity (Wildman–Crippen MR) is 79.5 cm³/mol. The van der Waals surface area contributed by atoms with E-state index >= 15 is 0 Å². The van der Waals surface area contributed by atoms with Gasteiger partial charge >= 0.3 is 12.0 Å². The van der Waals surface area contributed by atoms with Crippen LogP contribution in [0.2, 0.25) is 10.0 Å². The summed E-state index contributed by atoms with van der Waals surface area (Å²) in [5.41, 5.74) is 0.465. The Hall–Kier alpha value is -1.46. The van der Waals surface area contributed by atoms with Crippen LogP contribution in [0.25, 0.3) is 0 Å². The van der Waals surface area contributed by atoms with Gasteiger partial charge in [-0.15, -0.1) is 0 Å². The van der Waals surface area contributed by atoms with E-state index in [-0.39, 0.29) is 0 Å². The second-order valence-corrected chi connectivity index (χ2v) is 5.23. The van der Waals surface area contributed by atoms with Crippen LogP contribution in [-0.2, 0) is 4.79 Å². The van der Waals surface area contributed by atoms with Crippen LogP contribution in [0.1, 0.15) is 19.8 Å². The molecule has 20 heavy (non-hydrogen) atoms. The Morgan fingerprint density at radius 2 is 2.05 bits per heavy atom. The maximum absolute atomic E-state index is 11.6. The SMILES string of the molecule is CC(CCCNC(=O)Nc1ccc(Cl)cc1Cl)C(=O)O. The number of hydrogen-bond acceptors (Lipinski definition) is 2. The number of carboxylic acids is 1. The molecule has 0 bridgehead atoms. The quantitative estimate of drug-likeness (QED) is 0.701. The van der Waals surface area contributed by atoms with Gasteiger partial charge < -0.3 is 15.7 Å². The van der Waals surface area contributed by atoms with Crippen molar-refractivity contribution in [3.63, 3.8) is 0 Å². The average Bonchev–Trinajstić information content (AvgIpc) is 2.37. The highest BCUT2D eigenvalue weighted by Crippen LogP contribution is 2.25. The molecular formula is C13H16Cl2N2O3. The second-order valence-electron chi connectivity index (χ2n) is 4.39. The van der Waals surface area contributed by atoms with Crippen molar-refractivity contribution in [2.75, 3.05) is 11.9 Å². The van der Waals surface area contributed by atoms with E-state index in [1.165, 1.54) is 6.07 Å². The van der Waals surface area contributed by atoms with Gasteiger partial charge in [0.25, 0.3) is 0 Å². The Bertz CT molecular complexity index is 495. The highest BCUT2D eigenvalue weighted by atomic mass is 35.5. The Morgan fingerprint density at radius 3 is 2.65 bits per heavy atom. The normalized spacial score (nSPS) is 11.8. The highest BCUT2D eigenvalue weighted by Gasteiger charge is 2.10. The fourth-order valence-electron chi connectivity index (χ4n) is 1.49. The zero-order valence-electron chi connectivity index (χ0n) is 11.0. The van der Waals surface area contributed by atoms with E-state index in [1.807, 2.05) is 0 Å². The van der Waals surface area contributed by atoms with Gasteiger partial charge in [-0.2, -0.15) is 0 Å². The number of carboxylic acid groups (broad SMARTS) is 1. The van der Waals surface area contributed by atoms with E-state index in [2.05, 4.69) is 10.6 Å². The van der Waals surface area contributed by atoms with E-state index in [0.717, 1.165) is 0 Å². The van der Waals surface area contributed by atoms with Crippen molar-refractivity contribution in [1.29, 1.82) is 0 Å². The molecular weight excluding hydrogens is 303 g/mol. The van der Waals surface area contributed by atoms with Gasteiger partial charge in [-0.3, -0.25) is 4.79 Å². The lowest BCUT2D eigenvalue weighted by Gasteiger charge is -2.10. The number of hydrogen-bond donors (Lipinski definition) is 3. The van der Waals surface area contributed by atoms with Gasteiger partial charge in [0.15, 0.2) is 0 Å². The zero-order valence-corrected chi connectivity index (χ0v) is 12.5. The van der Waals surface area contributed by atoms with Crippen molar-refractivity contribution in [3.05, 3.63) is 28.2 Å². The third-order valence-corrected chi connectivity index (χ3v) is 3.25. The fourth-order valence-corrected chi connectivity index (χ4v) is 1.95. The lowest BCUT2D eigenvalue weighted by Crippen LogP contribution is -2.30. The topological polar surface area (TPSA) is 78.4 Å². The monoisotopic (exact) mass is 318 g/mol. The molecule has 0 spiro atoms. The van der Waals surface area contributed by atoms with Crippen LogP contribution >= 0.6 is 23.2 Å². The van der Waals surface area contributed by atoms with Crippen molar-refractivity contribution in [3.8, 4) is 0 Å². The summed E-state index contributed by atoms with van der Waals surface area (Å²) in [6.45, 7) is 2.03. The third kappa shape index (κ3) is 5.67. The molecule has 0 saturated carbocycles. The third-order valence-electron chi connectivity index (χ3n) is 2.70. The molecule has 0 aliphatic heterocycles. The van der Waals surface area contributed by atoms with Crippen LogP contribution in [0.15, 0.2) is 18.2 Å². The average molecular weight is 319 g/mol. The molecule has 0 fully saturated rings. The summed E-state index contributed by atoms with van der Waals surface area (Å²) in [7, 11) is 0. The van der Waals surface area contributed by atoms with Crippen molar-refractivity contribution in [1.82, 2.24) is 5.32 Å². The molecule has 1 aromatic rings. The molecule has 0 radical (unpaired) electrons. The maximum atomic E-state index is 11.6. The number of rotatable bonds is 6. The van der Waals surface area contributed by atoms with Gasteiger partial charge in [-0.1, -0.05) is 30.1 Å². The molecule has 0 aliphatic rings. The second kappa shape index (κ2) is 7.97. The zero-order chi connectivity index (χ0) is 15.1. The minimum absolute atomic E-state index is 0.354. The largest absolute Gasteiger partial charge is 0.481 e. The number of urea groups is 1. The molecule has 7 heteroatoms. The number of nitrogens with one attached hydrogen (secondary N) is 2.